The van der Waals surface area contributed by atoms with E-state index in [1.54, 1.807) is 9.80 Å². The smallest absolute Gasteiger partial charge is 0.406 e. The van der Waals surface area contributed by atoms with Crippen LogP contribution in [0.4, 0.5) is 25.0 Å². The van der Waals surface area contributed by atoms with Crippen molar-refractivity contribution in [1.82, 2.24) is 15.5 Å². The van der Waals surface area contributed by atoms with E-state index in [0.29, 0.717) is 26.2 Å². The second kappa shape index (κ2) is 11.9. The van der Waals surface area contributed by atoms with Crippen molar-refractivity contribution in [2.45, 2.75) is 19.4 Å². The molecule has 12 heteroatoms. The van der Waals surface area contributed by atoms with Gasteiger partial charge in [-0.15, -0.1) is 0 Å². The predicted molar refractivity (Wildman–Crippen MR) is 121 cm³/mol. The minimum Gasteiger partial charge on any atom is -0.453 e. The summed E-state index contributed by atoms with van der Waals surface area (Å²) in [6.45, 7) is 4.16. The van der Waals surface area contributed by atoms with Gasteiger partial charge in [0.1, 0.15) is 12.3 Å². The average molecular weight is 484 g/mol. The lowest BCUT2D eigenvalue weighted by Gasteiger charge is -2.37. The van der Waals surface area contributed by atoms with Gasteiger partial charge in [-0.1, -0.05) is 6.92 Å². The van der Waals surface area contributed by atoms with E-state index >= 15 is 8.78 Å². The van der Waals surface area contributed by atoms with Crippen LogP contribution in [0.5, 0.6) is 0 Å². The molecule has 2 aliphatic heterocycles. The Bertz CT molecular complexity index is 871. The molecule has 188 valence electrons. The normalized spacial score (nSPS) is 18.8. The Morgan fingerprint density at radius 2 is 1.85 bits per heavy atom. The molecule has 0 bridgehead atoms. The van der Waals surface area contributed by atoms with Crippen LogP contribution in [0.15, 0.2) is 12.1 Å². The maximum absolute atomic E-state index is 15.0. The Morgan fingerprint density at radius 3 is 2.47 bits per heavy atom. The molecule has 1 unspecified atom stereocenters. The van der Waals surface area contributed by atoms with E-state index in [9.17, 15) is 14.4 Å². The molecule has 2 heterocycles. The summed E-state index contributed by atoms with van der Waals surface area (Å²) in [7, 11) is 1.22. The molecular weight excluding hydrogens is 452 g/mol. The van der Waals surface area contributed by atoms with Gasteiger partial charge in [-0.3, -0.25) is 9.59 Å². The molecule has 2 saturated heterocycles. The largest absolute Gasteiger partial charge is 0.453 e. The second-order valence-electron chi connectivity index (χ2n) is 8.11. The summed E-state index contributed by atoms with van der Waals surface area (Å²) < 4.78 is 39.9. The average Bonchev–Trinajstić information content (AvgIpc) is 2.83. The highest BCUT2D eigenvalue weighted by Gasteiger charge is 2.31. The number of alkyl carbamates (subject to hydrolysis) is 1. The number of rotatable bonds is 8. The molecule has 2 fully saturated rings. The minimum atomic E-state index is -0.789. The Hall–Kier alpha value is -2.99. The van der Waals surface area contributed by atoms with Crippen LogP contribution in [0.25, 0.3) is 0 Å². The van der Waals surface area contributed by atoms with Gasteiger partial charge in [-0.25, -0.2) is 13.6 Å². The Kier molecular flexibility index (Phi) is 8.99. The number of benzene rings is 1. The van der Waals surface area contributed by atoms with Gasteiger partial charge >= 0.3 is 6.09 Å². The van der Waals surface area contributed by atoms with Gasteiger partial charge < -0.3 is 34.8 Å². The number of hydrogen-bond acceptors (Lipinski definition) is 7. The number of halogens is 2. The first-order valence-electron chi connectivity index (χ1n) is 11.3. The topological polar surface area (TPSA) is 103 Å². The van der Waals surface area contributed by atoms with Crippen LogP contribution in [0, 0.1) is 11.6 Å². The lowest BCUT2D eigenvalue weighted by molar-refractivity contribution is -0.130. The number of carbonyl (C=O) groups is 3. The maximum Gasteiger partial charge on any atom is 0.406 e. The zero-order valence-electron chi connectivity index (χ0n) is 19.4. The van der Waals surface area contributed by atoms with E-state index in [4.69, 9.17) is 4.74 Å². The van der Waals surface area contributed by atoms with Crippen molar-refractivity contribution in [3.05, 3.63) is 23.8 Å². The van der Waals surface area contributed by atoms with Crippen molar-refractivity contribution in [3.8, 4) is 0 Å². The first kappa shape index (κ1) is 25.6. The lowest BCUT2D eigenvalue weighted by Crippen LogP contribution is -2.51. The van der Waals surface area contributed by atoms with Crippen molar-refractivity contribution >= 4 is 29.3 Å². The van der Waals surface area contributed by atoms with E-state index in [1.807, 2.05) is 6.92 Å². The van der Waals surface area contributed by atoms with E-state index in [-0.39, 0.29) is 43.5 Å². The molecule has 34 heavy (non-hydrogen) atoms. The number of nitrogens with zero attached hydrogens (tertiary/aromatic N) is 3. The fraction of sp³-hybridized carbons (Fsp3) is 0.591. The molecule has 0 spiro atoms. The molecular formula is C22H31F2N5O5. The monoisotopic (exact) mass is 483 g/mol. The molecule has 1 aromatic rings. The first-order valence-corrected chi connectivity index (χ1v) is 11.3. The van der Waals surface area contributed by atoms with Gasteiger partial charge in [0.15, 0.2) is 11.6 Å². The zero-order valence-corrected chi connectivity index (χ0v) is 19.4. The predicted octanol–water partition coefficient (Wildman–Crippen LogP) is 0.701. The summed E-state index contributed by atoms with van der Waals surface area (Å²) in [5.74, 6) is -2.05. The molecule has 0 saturated carbocycles. The van der Waals surface area contributed by atoms with Crippen molar-refractivity contribution in [1.29, 1.82) is 0 Å². The third-order valence-corrected chi connectivity index (χ3v) is 5.75. The van der Waals surface area contributed by atoms with Crippen LogP contribution in [0.1, 0.15) is 13.3 Å². The fourth-order valence-corrected chi connectivity index (χ4v) is 3.94. The molecule has 10 nitrogen and oxygen atoms in total. The third kappa shape index (κ3) is 6.32. The van der Waals surface area contributed by atoms with Crippen molar-refractivity contribution in [2.75, 3.05) is 75.9 Å². The molecule has 2 N–H and O–H groups in total. The number of piperazine rings is 1. The molecule has 0 aliphatic carbocycles. The van der Waals surface area contributed by atoms with Gasteiger partial charge in [0, 0.05) is 38.4 Å². The first-order chi connectivity index (χ1) is 16.3. The highest BCUT2D eigenvalue weighted by Crippen LogP contribution is 2.30. The number of nitrogens with one attached hydrogen (secondary N) is 2. The van der Waals surface area contributed by atoms with Crippen molar-refractivity contribution < 1.29 is 32.6 Å². The molecule has 0 radical (unpaired) electrons. The van der Waals surface area contributed by atoms with Crippen molar-refractivity contribution in [3.63, 3.8) is 0 Å². The summed E-state index contributed by atoms with van der Waals surface area (Å²) in [5.41, 5.74) is -0.101. The summed E-state index contributed by atoms with van der Waals surface area (Å²) in [6.07, 6.45) is -0.274. The van der Waals surface area contributed by atoms with Crippen molar-refractivity contribution in [2.24, 2.45) is 0 Å². The lowest BCUT2D eigenvalue weighted by atomic mass is 10.1. The number of anilines is 2. The van der Waals surface area contributed by atoms with Gasteiger partial charge in [0.05, 0.1) is 26.3 Å². The SMILES string of the molecule is CCCNCC(=O)N1CCN(c2c(F)cc(N3CC(CNC(=O)OC)OCC3=O)cc2F)CC1. The number of morpholine rings is 1. The van der Waals surface area contributed by atoms with E-state index < -0.39 is 29.7 Å². The van der Waals surface area contributed by atoms with Crippen LogP contribution in [-0.4, -0.2) is 95.0 Å². The van der Waals surface area contributed by atoms with Crippen LogP contribution in [0.2, 0.25) is 0 Å². The van der Waals surface area contributed by atoms with Crippen LogP contribution < -0.4 is 20.4 Å². The zero-order chi connectivity index (χ0) is 24.7. The second-order valence-corrected chi connectivity index (χ2v) is 8.11. The molecule has 2 aliphatic rings. The molecule has 1 aromatic carbocycles. The standard InChI is InChI=1S/C22H31F2N5O5/c1-3-4-25-12-19(30)27-5-7-28(8-6-27)21-17(23)9-15(10-18(21)24)29-13-16(34-14-20(29)31)11-26-22(32)33-2/h9-10,16,25H,3-8,11-14H2,1-2H3,(H,26,32). The minimum absolute atomic E-state index is 0.0217. The Labute approximate surface area is 197 Å². The summed E-state index contributed by atoms with van der Waals surface area (Å²) in [5, 5.41) is 5.54. The van der Waals surface area contributed by atoms with Gasteiger partial charge in [0.25, 0.3) is 5.91 Å². The number of methoxy groups -OCH3 is 1. The Balaban J connectivity index is 1.64. The van der Waals surface area contributed by atoms with E-state index in [2.05, 4.69) is 15.4 Å². The number of amides is 3. The molecule has 3 amide bonds. The van der Waals surface area contributed by atoms with Gasteiger partial charge in [0.2, 0.25) is 5.91 Å². The summed E-state index contributed by atoms with van der Waals surface area (Å²) >= 11 is 0. The fourth-order valence-electron chi connectivity index (χ4n) is 3.94. The van der Waals surface area contributed by atoms with Crippen LogP contribution in [0.3, 0.4) is 0 Å². The Morgan fingerprint density at radius 1 is 1.18 bits per heavy atom. The van der Waals surface area contributed by atoms with Crippen LogP contribution in [-0.2, 0) is 19.1 Å². The third-order valence-electron chi connectivity index (χ3n) is 5.75. The van der Waals surface area contributed by atoms with Crippen LogP contribution >= 0.6 is 0 Å². The van der Waals surface area contributed by atoms with E-state index in [0.717, 1.165) is 25.1 Å². The number of hydrogen-bond donors (Lipinski definition) is 2. The number of carbonyl (C=O) groups excluding carboxylic acids is 3. The maximum atomic E-state index is 15.0. The molecule has 3 rings (SSSR count). The van der Waals surface area contributed by atoms with E-state index in [1.165, 1.54) is 12.0 Å². The van der Waals surface area contributed by atoms with Gasteiger partial charge in [-0.05, 0) is 25.1 Å². The quantitative estimate of drug-likeness (QED) is 0.525. The highest BCUT2D eigenvalue weighted by atomic mass is 19.1. The number of ether oxygens (including phenoxy) is 2. The summed E-state index contributed by atoms with van der Waals surface area (Å²) in [6, 6.07) is 2.25. The molecule has 1 atom stereocenters. The highest BCUT2D eigenvalue weighted by molar-refractivity contribution is 5.95. The van der Waals surface area contributed by atoms with Gasteiger partial charge in [-0.2, -0.15) is 0 Å². The summed E-state index contributed by atoms with van der Waals surface area (Å²) in [4.78, 5) is 40.3. The molecule has 0 aromatic heterocycles.